The predicted molar refractivity (Wildman–Crippen MR) is 95.4 cm³/mol. The molecule has 142 valence electrons. The molecule has 9 heteroatoms. The number of esters is 1. The van der Waals surface area contributed by atoms with Gasteiger partial charge >= 0.3 is 12.0 Å². The highest BCUT2D eigenvalue weighted by Gasteiger charge is 2.49. The number of urea groups is 1. The molecule has 26 heavy (non-hydrogen) atoms. The molecule has 0 saturated carbocycles. The molecule has 2 amide bonds. The van der Waals surface area contributed by atoms with Crippen molar-refractivity contribution in [1.82, 2.24) is 5.32 Å². The number of benzene rings is 1. The molecule has 2 saturated heterocycles. The van der Waals surface area contributed by atoms with Gasteiger partial charge in [0.1, 0.15) is 24.9 Å². The molecular weight excluding hydrogens is 360 g/mol. The van der Waals surface area contributed by atoms with E-state index < -0.39 is 5.97 Å². The van der Waals surface area contributed by atoms with E-state index in [2.05, 4.69) is 15.4 Å². The van der Waals surface area contributed by atoms with Gasteiger partial charge in [0.2, 0.25) is 0 Å². The Balaban J connectivity index is 1.50. The molecule has 3 rings (SSSR count). The van der Waals surface area contributed by atoms with E-state index in [0.717, 1.165) is 10.6 Å². The van der Waals surface area contributed by atoms with Gasteiger partial charge in [-0.3, -0.25) is 0 Å². The number of hydrogen-bond donors (Lipinski definition) is 2. The minimum Gasteiger partial charge on any atom is -0.467 e. The van der Waals surface area contributed by atoms with Crippen molar-refractivity contribution in [3.8, 4) is 0 Å². The second-order valence-electron chi connectivity index (χ2n) is 5.96. The first-order valence-corrected chi connectivity index (χ1v) is 9.46. The van der Waals surface area contributed by atoms with Crippen LogP contribution in [0.2, 0.25) is 0 Å². The Labute approximate surface area is 155 Å². The van der Waals surface area contributed by atoms with Gasteiger partial charge in [0.25, 0.3) is 0 Å². The van der Waals surface area contributed by atoms with Crippen LogP contribution in [-0.2, 0) is 23.7 Å². The molecule has 8 nitrogen and oxygen atoms in total. The molecule has 0 spiro atoms. The van der Waals surface area contributed by atoms with Crippen LogP contribution in [0.1, 0.15) is 0 Å². The molecule has 2 aliphatic rings. The third kappa shape index (κ3) is 4.47. The maximum atomic E-state index is 12.3. The summed E-state index contributed by atoms with van der Waals surface area (Å²) in [4.78, 5) is 24.5. The molecule has 2 fully saturated rings. The predicted octanol–water partition coefficient (Wildman–Crippen LogP) is 1.25. The van der Waals surface area contributed by atoms with Crippen molar-refractivity contribution in [2.75, 3.05) is 38.5 Å². The Morgan fingerprint density at radius 2 is 2.08 bits per heavy atom. The molecule has 0 aromatic heterocycles. The van der Waals surface area contributed by atoms with Gasteiger partial charge in [0, 0.05) is 10.6 Å². The minimum absolute atomic E-state index is 0.151. The highest BCUT2D eigenvalue weighted by molar-refractivity contribution is 7.98. The third-order valence-corrected chi connectivity index (χ3v) is 5.02. The zero-order valence-corrected chi connectivity index (χ0v) is 15.4. The maximum absolute atomic E-state index is 12.3. The topological polar surface area (TPSA) is 95.1 Å². The van der Waals surface area contributed by atoms with Crippen LogP contribution in [-0.4, -0.2) is 69.5 Å². The van der Waals surface area contributed by atoms with Crippen LogP contribution in [0, 0.1) is 0 Å². The summed E-state index contributed by atoms with van der Waals surface area (Å²) in [5, 5.41) is 5.69. The first-order valence-electron chi connectivity index (χ1n) is 8.24. The van der Waals surface area contributed by atoms with Gasteiger partial charge in [0.05, 0.1) is 26.4 Å². The van der Waals surface area contributed by atoms with Gasteiger partial charge in [0.15, 0.2) is 0 Å². The zero-order valence-electron chi connectivity index (χ0n) is 14.6. The monoisotopic (exact) mass is 382 g/mol. The number of ether oxygens (including phenoxy) is 4. The molecular formula is C17H22N2O6S. The summed E-state index contributed by atoms with van der Waals surface area (Å²) in [5.41, 5.74) is 0.719. The summed E-state index contributed by atoms with van der Waals surface area (Å²) in [6.45, 7) is 0.481. The largest absolute Gasteiger partial charge is 0.467 e. The van der Waals surface area contributed by atoms with Gasteiger partial charge in [-0.05, 0) is 24.5 Å². The first kappa shape index (κ1) is 19.0. The second-order valence-corrected chi connectivity index (χ2v) is 6.84. The molecule has 1 aromatic rings. The fourth-order valence-electron chi connectivity index (χ4n) is 3.00. The van der Waals surface area contributed by atoms with Gasteiger partial charge in [-0.1, -0.05) is 6.07 Å². The van der Waals surface area contributed by atoms with Crippen LogP contribution in [0.5, 0.6) is 0 Å². The average Bonchev–Trinajstić information content (AvgIpc) is 3.23. The summed E-state index contributed by atoms with van der Waals surface area (Å²) in [7, 11) is 1.30. The maximum Gasteiger partial charge on any atom is 0.331 e. The molecule has 2 N–H and O–H groups in total. The summed E-state index contributed by atoms with van der Waals surface area (Å²) in [5.74, 6) is -0.451. The Hall–Kier alpha value is -1.81. The molecule has 0 aliphatic carbocycles. The summed E-state index contributed by atoms with van der Waals surface area (Å²) in [6, 6.07) is 7.00. The van der Waals surface area contributed by atoms with E-state index in [0.29, 0.717) is 13.2 Å². The van der Waals surface area contributed by atoms with E-state index in [-0.39, 0.29) is 37.0 Å². The summed E-state index contributed by atoms with van der Waals surface area (Å²) < 4.78 is 21.5. The second kappa shape index (κ2) is 8.72. The smallest absolute Gasteiger partial charge is 0.331 e. The number of thioether (sulfide) groups is 1. The first-order chi connectivity index (χ1) is 12.6. The molecule has 0 radical (unpaired) electrons. The van der Waals surface area contributed by atoms with Gasteiger partial charge in [-0.15, -0.1) is 11.8 Å². The number of amides is 2. The van der Waals surface area contributed by atoms with Gasteiger partial charge < -0.3 is 29.6 Å². The van der Waals surface area contributed by atoms with Crippen LogP contribution in [0.25, 0.3) is 0 Å². The molecule has 0 unspecified atom stereocenters. The van der Waals surface area contributed by atoms with Gasteiger partial charge in [-0.25, -0.2) is 9.59 Å². The quantitative estimate of drug-likeness (QED) is 0.565. The fraction of sp³-hybridized carbons (Fsp3) is 0.529. The van der Waals surface area contributed by atoms with Crippen LogP contribution in [0.15, 0.2) is 29.2 Å². The van der Waals surface area contributed by atoms with Crippen LogP contribution in [0.3, 0.4) is 0 Å². The van der Waals surface area contributed by atoms with Gasteiger partial charge in [-0.2, -0.15) is 0 Å². The van der Waals surface area contributed by atoms with Crippen molar-refractivity contribution in [3.63, 3.8) is 0 Å². The molecule has 2 aliphatic heterocycles. The van der Waals surface area contributed by atoms with E-state index in [1.807, 2.05) is 30.5 Å². The Morgan fingerprint density at radius 1 is 1.27 bits per heavy atom. The van der Waals surface area contributed by atoms with Crippen LogP contribution >= 0.6 is 11.8 Å². The van der Waals surface area contributed by atoms with Crippen LogP contribution in [0.4, 0.5) is 10.5 Å². The lowest BCUT2D eigenvalue weighted by atomic mass is 10.1. The lowest BCUT2D eigenvalue weighted by molar-refractivity contribution is -0.150. The van der Waals surface area contributed by atoms with Crippen molar-refractivity contribution in [2.24, 2.45) is 0 Å². The van der Waals surface area contributed by atoms with E-state index in [1.54, 1.807) is 11.8 Å². The van der Waals surface area contributed by atoms with Crippen molar-refractivity contribution in [1.29, 1.82) is 0 Å². The normalized spacial score (nSPS) is 27.0. The molecule has 4 atom stereocenters. The van der Waals surface area contributed by atoms with Crippen LogP contribution < -0.4 is 10.6 Å². The highest BCUT2D eigenvalue weighted by atomic mass is 32.2. The number of methoxy groups -OCH3 is 1. The average molecular weight is 382 g/mol. The number of hydrogen-bond acceptors (Lipinski definition) is 7. The minimum atomic E-state index is -0.451. The number of carbonyl (C=O) groups is 2. The number of carbonyl (C=O) groups excluding carboxylic acids is 2. The number of anilines is 1. The fourth-order valence-corrected chi connectivity index (χ4v) is 3.46. The van der Waals surface area contributed by atoms with E-state index in [1.165, 1.54) is 7.11 Å². The summed E-state index contributed by atoms with van der Waals surface area (Å²) in [6.07, 6.45) is 1.00. The number of fused-ring (bicyclic) bond motifs is 1. The SMILES string of the molecule is COC(=O)CO[C@H]1CO[C@@H]2[C@@H]1OC[C@@H]2NC(=O)Nc1cccc(SC)c1. The zero-order chi connectivity index (χ0) is 18.5. The standard InChI is InChI=1S/C17H22N2O6S/c1-22-14(20)9-23-13-8-25-15-12(7-24-16(13)15)19-17(21)18-10-4-3-5-11(6-10)26-2/h3-6,12-13,15-16H,7-9H2,1-2H3,(H2,18,19,21)/t12-,13-,15-,16+/m0/s1. The Bertz CT molecular complexity index is 658. The highest BCUT2D eigenvalue weighted by Crippen LogP contribution is 2.29. The van der Waals surface area contributed by atoms with Crippen molar-refractivity contribution < 1.29 is 28.5 Å². The Morgan fingerprint density at radius 3 is 2.85 bits per heavy atom. The number of rotatable bonds is 6. The van der Waals surface area contributed by atoms with E-state index in [9.17, 15) is 9.59 Å². The third-order valence-electron chi connectivity index (χ3n) is 4.30. The van der Waals surface area contributed by atoms with E-state index in [4.69, 9.17) is 14.2 Å². The van der Waals surface area contributed by atoms with Crippen molar-refractivity contribution in [2.45, 2.75) is 29.2 Å². The molecule has 0 bridgehead atoms. The molecule has 2 heterocycles. The van der Waals surface area contributed by atoms with E-state index >= 15 is 0 Å². The lowest BCUT2D eigenvalue weighted by Gasteiger charge is -2.18. The summed E-state index contributed by atoms with van der Waals surface area (Å²) >= 11 is 1.61. The van der Waals surface area contributed by atoms with Crippen molar-refractivity contribution >= 4 is 29.4 Å². The number of nitrogens with one attached hydrogen (secondary N) is 2. The Kier molecular flexibility index (Phi) is 6.36. The molecule has 1 aromatic carbocycles. The lowest BCUT2D eigenvalue weighted by Crippen LogP contribution is -2.46. The van der Waals surface area contributed by atoms with Crippen molar-refractivity contribution in [3.05, 3.63) is 24.3 Å².